The van der Waals surface area contributed by atoms with E-state index >= 15 is 0 Å². The highest BCUT2D eigenvalue weighted by molar-refractivity contribution is 5.89. The Morgan fingerprint density at radius 2 is 1.81 bits per heavy atom. The van der Waals surface area contributed by atoms with Gasteiger partial charge in [0.25, 0.3) is 0 Å². The first kappa shape index (κ1) is 12.2. The smallest absolute Gasteiger partial charge is 0.345 e. The third-order valence-corrected chi connectivity index (χ3v) is 2.25. The normalized spacial score (nSPS) is 13.9. The van der Waals surface area contributed by atoms with Crippen molar-refractivity contribution in [3.8, 4) is 0 Å². The van der Waals surface area contributed by atoms with Gasteiger partial charge in [0, 0.05) is 5.56 Å². The highest BCUT2D eigenvalue weighted by atomic mass is 19.1. The van der Waals surface area contributed by atoms with Crippen LogP contribution < -0.4 is 0 Å². The highest BCUT2D eigenvalue weighted by Gasteiger charge is 2.34. The number of carbonyl (C=O) groups is 2. The lowest BCUT2D eigenvalue weighted by Gasteiger charge is -2.15. The van der Waals surface area contributed by atoms with Gasteiger partial charge < -0.3 is 9.84 Å². The van der Waals surface area contributed by atoms with Crippen LogP contribution in [0.1, 0.15) is 22.8 Å². The van der Waals surface area contributed by atoms with Gasteiger partial charge in [0.2, 0.25) is 5.67 Å². The van der Waals surface area contributed by atoms with Crippen molar-refractivity contribution in [1.29, 1.82) is 0 Å². The van der Waals surface area contributed by atoms with Crippen LogP contribution >= 0.6 is 0 Å². The third-order valence-electron chi connectivity index (χ3n) is 2.25. The van der Waals surface area contributed by atoms with E-state index in [1.54, 1.807) is 0 Å². The molecule has 0 aliphatic rings. The minimum atomic E-state index is -2.46. The van der Waals surface area contributed by atoms with Gasteiger partial charge in [-0.3, -0.25) is 0 Å². The quantitative estimate of drug-likeness (QED) is 0.797. The molecule has 0 heterocycles. The fourth-order valence-corrected chi connectivity index (χ4v) is 1.16. The zero-order chi connectivity index (χ0) is 12.3. The first-order valence-electron chi connectivity index (χ1n) is 4.50. The molecule has 0 saturated heterocycles. The first-order valence-corrected chi connectivity index (χ1v) is 4.50. The SMILES string of the molecule is COC(=O)c1ccc(C(C)(F)C(=O)O)cc1. The standard InChI is InChI=1S/C11H11FO4/c1-11(12,10(14)15)8-5-3-7(4-6-8)9(13)16-2/h3-6H,1-2H3,(H,14,15). The third kappa shape index (κ3) is 2.18. The van der Waals surface area contributed by atoms with E-state index in [-0.39, 0.29) is 11.1 Å². The summed E-state index contributed by atoms with van der Waals surface area (Å²) in [5.74, 6) is -2.12. The Hall–Kier alpha value is -1.91. The van der Waals surface area contributed by atoms with Gasteiger partial charge in [-0.25, -0.2) is 14.0 Å². The van der Waals surface area contributed by atoms with E-state index in [2.05, 4.69) is 4.74 Å². The number of benzene rings is 1. The van der Waals surface area contributed by atoms with Gasteiger partial charge in [0.1, 0.15) is 0 Å². The van der Waals surface area contributed by atoms with Gasteiger partial charge in [-0.05, 0) is 19.1 Å². The van der Waals surface area contributed by atoms with Crippen LogP contribution in [0.2, 0.25) is 0 Å². The molecule has 0 aliphatic heterocycles. The molecule has 16 heavy (non-hydrogen) atoms. The summed E-state index contributed by atoms with van der Waals surface area (Å²) in [5, 5.41) is 8.65. The predicted octanol–water partition coefficient (Wildman–Crippen LogP) is 1.74. The molecule has 0 bridgehead atoms. The number of methoxy groups -OCH3 is 1. The summed E-state index contributed by atoms with van der Waals surface area (Å²) >= 11 is 0. The number of alkyl halides is 1. The molecule has 0 radical (unpaired) electrons. The van der Waals surface area contributed by atoms with Gasteiger partial charge in [0.05, 0.1) is 12.7 Å². The molecule has 0 aromatic heterocycles. The van der Waals surface area contributed by atoms with Gasteiger partial charge in [-0.1, -0.05) is 12.1 Å². The van der Waals surface area contributed by atoms with E-state index in [1.165, 1.54) is 31.4 Å². The van der Waals surface area contributed by atoms with Crippen molar-refractivity contribution in [2.75, 3.05) is 7.11 Å². The van der Waals surface area contributed by atoms with Crippen LogP contribution in [0.15, 0.2) is 24.3 Å². The van der Waals surface area contributed by atoms with Gasteiger partial charge in [-0.2, -0.15) is 0 Å². The molecule has 1 atom stereocenters. The van der Waals surface area contributed by atoms with Crippen LogP contribution in [0.25, 0.3) is 0 Å². The largest absolute Gasteiger partial charge is 0.479 e. The lowest BCUT2D eigenvalue weighted by Crippen LogP contribution is -2.26. The molecular weight excluding hydrogens is 215 g/mol. The van der Waals surface area contributed by atoms with Crippen LogP contribution in [-0.4, -0.2) is 24.2 Å². The maximum Gasteiger partial charge on any atom is 0.345 e. The molecule has 1 aromatic carbocycles. The predicted molar refractivity (Wildman–Crippen MR) is 53.9 cm³/mol. The maximum absolute atomic E-state index is 13.6. The number of carboxylic acid groups (broad SMARTS) is 1. The zero-order valence-electron chi connectivity index (χ0n) is 8.86. The maximum atomic E-state index is 13.6. The number of hydrogen-bond donors (Lipinski definition) is 1. The lowest BCUT2D eigenvalue weighted by molar-refractivity contribution is -0.150. The molecule has 1 aromatic rings. The summed E-state index contributed by atoms with van der Waals surface area (Å²) in [6, 6.07) is 5.14. The highest BCUT2D eigenvalue weighted by Crippen LogP contribution is 2.25. The number of carboxylic acids is 1. The van der Waals surface area contributed by atoms with Crippen molar-refractivity contribution in [1.82, 2.24) is 0 Å². The second-order valence-corrected chi connectivity index (χ2v) is 3.38. The monoisotopic (exact) mass is 226 g/mol. The minimum absolute atomic E-state index is 0.0207. The van der Waals surface area contributed by atoms with Crippen molar-refractivity contribution < 1.29 is 23.8 Å². The number of aliphatic carboxylic acids is 1. The molecule has 0 amide bonds. The molecular formula is C11H11FO4. The van der Waals surface area contributed by atoms with Gasteiger partial charge in [0.15, 0.2) is 0 Å². The Kier molecular flexibility index (Phi) is 3.27. The van der Waals surface area contributed by atoms with Crippen molar-refractivity contribution >= 4 is 11.9 Å². The number of hydrogen-bond acceptors (Lipinski definition) is 3. The second kappa shape index (κ2) is 4.30. The summed E-state index contributed by atoms with van der Waals surface area (Å²) in [7, 11) is 1.23. The van der Waals surface area contributed by atoms with E-state index in [0.717, 1.165) is 6.92 Å². The Bertz CT molecular complexity index is 408. The second-order valence-electron chi connectivity index (χ2n) is 3.38. The fraction of sp³-hybridized carbons (Fsp3) is 0.273. The Morgan fingerprint density at radius 1 is 1.31 bits per heavy atom. The molecule has 4 nitrogen and oxygen atoms in total. The molecule has 0 saturated carbocycles. The number of ether oxygens (including phenoxy) is 1. The van der Waals surface area contributed by atoms with E-state index < -0.39 is 17.6 Å². The number of halogens is 1. The Labute approximate surface area is 91.7 Å². The number of esters is 1. The molecule has 1 rings (SSSR count). The van der Waals surface area contributed by atoms with Crippen molar-refractivity contribution in [3.05, 3.63) is 35.4 Å². The van der Waals surface area contributed by atoms with Gasteiger partial charge >= 0.3 is 11.9 Å². The van der Waals surface area contributed by atoms with Crippen LogP contribution in [-0.2, 0) is 15.2 Å². The van der Waals surface area contributed by atoms with Crippen LogP contribution in [0.3, 0.4) is 0 Å². The van der Waals surface area contributed by atoms with Gasteiger partial charge in [-0.15, -0.1) is 0 Å². The molecule has 0 spiro atoms. The van der Waals surface area contributed by atoms with Crippen LogP contribution in [0.4, 0.5) is 4.39 Å². The number of rotatable bonds is 3. The summed E-state index contributed by atoms with van der Waals surface area (Å²) in [6.45, 7) is 0.947. The Morgan fingerprint density at radius 3 is 2.19 bits per heavy atom. The van der Waals surface area contributed by atoms with Crippen LogP contribution in [0.5, 0.6) is 0 Å². The topological polar surface area (TPSA) is 63.6 Å². The van der Waals surface area contributed by atoms with E-state index in [9.17, 15) is 14.0 Å². The summed E-state index contributed by atoms with van der Waals surface area (Å²) in [4.78, 5) is 21.7. The Balaban J connectivity index is 3.04. The molecule has 0 aliphatic carbocycles. The molecule has 5 heteroatoms. The van der Waals surface area contributed by atoms with E-state index in [4.69, 9.17) is 5.11 Å². The van der Waals surface area contributed by atoms with Crippen LogP contribution in [0, 0.1) is 0 Å². The van der Waals surface area contributed by atoms with Crippen molar-refractivity contribution in [3.63, 3.8) is 0 Å². The zero-order valence-corrected chi connectivity index (χ0v) is 8.86. The lowest BCUT2D eigenvalue weighted by atomic mass is 9.97. The number of carbonyl (C=O) groups excluding carboxylic acids is 1. The summed E-state index contributed by atoms with van der Waals surface area (Å²) in [5.41, 5.74) is -2.24. The molecule has 0 fully saturated rings. The molecule has 1 N–H and O–H groups in total. The summed E-state index contributed by atoms with van der Waals surface area (Å²) < 4.78 is 18.1. The van der Waals surface area contributed by atoms with E-state index in [1.807, 2.05) is 0 Å². The average molecular weight is 226 g/mol. The fourth-order valence-electron chi connectivity index (χ4n) is 1.16. The molecule has 86 valence electrons. The van der Waals surface area contributed by atoms with Crippen molar-refractivity contribution in [2.45, 2.75) is 12.6 Å². The minimum Gasteiger partial charge on any atom is -0.479 e. The summed E-state index contributed by atoms with van der Waals surface area (Å²) in [6.07, 6.45) is 0. The van der Waals surface area contributed by atoms with Crippen molar-refractivity contribution in [2.24, 2.45) is 0 Å². The molecule has 1 unspecified atom stereocenters. The van der Waals surface area contributed by atoms with E-state index in [0.29, 0.717) is 0 Å². The first-order chi connectivity index (χ1) is 7.39. The average Bonchev–Trinajstić information content (AvgIpc) is 2.28.